The van der Waals surface area contributed by atoms with Gasteiger partial charge in [0.2, 0.25) is 10.0 Å². The minimum Gasteiger partial charge on any atom is -0.353 e. The van der Waals surface area contributed by atoms with Crippen LogP contribution in [0.3, 0.4) is 0 Å². The maximum Gasteiger partial charge on any atom is 0.271 e. The minimum absolute atomic E-state index is 0.189. The van der Waals surface area contributed by atoms with Crippen LogP contribution in [0.4, 0.5) is 5.82 Å². The second-order valence-corrected chi connectivity index (χ2v) is 9.00. The lowest BCUT2D eigenvalue weighted by atomic mass is 10.3. The summed E-state index contributed by atoms with van der Waals surface area (Å²) in [6, 6.07) is 18.6. The molecule has 9 heteroatoms. The number of hydrogen-bond acceptors (Lipinski definition) is 5. The fraction of sp³-hybridized carbons (Fsp3) is 0.200. The van der Waals surface area contributed by atoms with Crippen LogP contribution in [0.15, 0.2) is 76.4 Å². The lowest BCUT2D eigenvalue weighted by Crippen LogP contribution is -2.49. The van der Waals surface area contributed by atoms with Crippen LogP contribution in [0.2, 0.25) is 5.02 Å². The Kier molecular flexibility index (Phi) is 5.40. The predicted molar refractivity (Wildman–Crippen MR) is 112 cm³/mol. The fourth-order valence-electron chi connectivity index (χ4n) is 3.26. The zero-order valence-corrected chi connectivity index (χ0v) is 17.1. The second kappa shape index (κ2) is 7.98. The zero-order valence-electron chi connectivity index (χ0n) is 15.5. The third kappa shape index (κ3) is 4.05. The van der Waals surface area contributed by atoms with Crippen molar-refractivity contribution in [1.82, 2.24) is 14.1 Å². The van der Waals surface area contributed by atoms with Crippen molar-refractivity contribution in [2.45, 2.75) is 4.90 Å². The average molecular weight is 431 g/mol. The van der Waals surface area contributed by atoms with Crippen molar-refractivity contribution >= 4 is 27.4 Å². The van der Waals surface area contributed by atoms with Gasteiger partial charge in [0, 0.05) is 37.3 Å². The number of piperazine rings is 1. The quantitative estimate of drug-likeness (QED) is 0.635. The number of nitrogens with zero attached hydrogens (tertiary/aromatic N) is 4. The van der Waals surface area contributed by atoms with Gasteiger partial charge in [-0.25, -0.2) is 8.42 Å². The Hall–Kier alpha value is -2.68. The van der Waals surface area contributed by atoms with E-state index in [0.717, 1.165) is 0 Å². The molecule has 0 atom stereocenters. The number of halogens is 1. The number of benzene rings is 2. The summed E-state index contributed by atoms with van der Waals surface area (Å²) in [6.07, 6.45) is 0. The van der Waals surface area contributed by atoms with E-state index in [0.29, 0.717) is 42.7 Å². The first-order chi connectivity index (χ1) is 13.9. The molecule has 0 unspecified atom stereocenters. The molecule has 0 spiro atoms. The van der Waals surface area contributed by atoms with Gasteiger partial charge in [0.1, 0.15) is 5.82 Å². The van der Waals surface area contributed by atoms with Gasteiger partial charge in [-0.1, -0.05) is 35.9 Å². The van der Waals surface area contributed by atoms with Crippen molar-refractivity contribution in [1.29, 1.82) is 0 Å². The minimum atomic E-state index is -3.60. The number of para-hydroxylation sites is 1. The van der Waals surface area contributed by atoms with Gasteiger partial charge >= 0.3 is 0 Å². The van der Waals surface area contributed by atoms with E-state index in [1.165, 1.54) is 21.1 Å². The number of sulfonamides is 1. The largest absolute Gasteiger partial charge is 0.353 e. The molecule has 1 fully saturated rings. The van der Waals surface area contributed by atoms with Crippen LogP contribution < -0.4 is 10.5 Å². The van der Waals surface area contributed by atoms with Gasteiger partial charge in [0.15, 0.2) is 0 Å². The molecule has 0 radical (unpaired) electrons. The van der Waals surface area contributed by atoms with E-state index in [1.807, 2.05) is 35.2 Å². The van der Waals surface area contributed by atoms with E-state index in [-0.39, 0.29) is 10.5 Å². The van der Waals surface area contributed by atoms with Gasteiger partial charge in [-0.2, -0.15) is 8.99 Å². The monoisotopic (exact) mass is 430 g/mol. The van der Waals surface area contributed by atoms with Crippen LogP contribution in [-0.2, 0) is 10.0 Å². The van der Waals surface area contributed by atoms with E-state index in [1.54, 1.807) is 24.3 Å². The first kappa shape index (κ1) is 19.6. The van der Waals surface area contributed by atoms with Crippen LogP contribution >= 0.6 is 11.6 Å². The van der Waals surface area contributed by atoms with Crippen molar-refractivity contribution in [3.05, 3.63) is 82.1 Å². The maximum atomic E-state index is 12.9. The van der Waals surface area contributed by atoms with Gasteiger partial charge in [0.25, 0.3) is 5.56 Å². The molecule has 7 nitrogen and oxygen atoms in total. The van der Waals surface area contributed by atoms with Crippen molar-refractivity contribution in [2.24, 2.45) is 0 Å². The van der Waals surface area contributed by atoms with E-state index in [2.05, 4.69) is 5.10 Å². The zero-order chi connectivity index (χ0) is 20.4. The molecule has 0 saturated carbocycles. The topological polar surface area (TPSA) is 75.5 Å². The highest BCUT2D eigenvalue weighted by Crippen LogP contribution is 2.22. The lowest BCUT2D eigenvalue weighted by molar-refractivity contribution is 0.383. The van der Waals surface area contributed by atoms with Gasteiger partial charge in [-0.3, -0.25) is 4.79 Å². The highest BCUT2D eigenvalue weighted by Gasteiger charge is 2.29. The van der Waals surface area contributed by atoms with Gasteiger partial charge in [-0.05, 0) is 36.4 Å². The third-order valence-corrected chi connectivity index (χ3v) is 6.91. The molecule has 2 heterocycles. The third-order valence-electron chi connectivity index (χ3n) is 4.78. The SMILES string of the molecule is O=c1ccc(N2CCN(S(=O)(=O)c3cccc(Cl)c3)CC2)nn1-c1ccccc1. The van der Waals surface area contributed by atoms with Crippen molar-refractivity contribution in [3.63, 3.8) is 0 Å². The molecule has 0 amide bonds. The number of aromatic nitrogens is 2. The second-order valence-electron chi connectivity index (χ2n) is 6.63. The van der Waals surface area contributed by atoms with Crippen LogP contribution in [0.25, 0.3) is 5.69 Å². The summed E-state index contributed by atoms with van der Waals surface area (Å²) in [5.74, 6) is 0.633. The Morgan fingerprint density at radius 3 is 2.28 bits per heavy atom. The maximum absolute atomic E-state index is 12.9. The number of hydrogen-bond donors (Lipinski definition) is 0. The summed E-state index contributed by atoms with van der Waals surface area (Å²) in [4.78, 5) is 14.4. The molecule has 0 bridgehead atoms. The standard InChI is InChI=1S/C20H19ClN4O3S/c21-16-5-4-8-18(15-16)29(27,28)24-13-11-23(12-14-24)19-9-10-20(26)25(22-19)17-6-2-1-3-7-17/h1-10,15H,11-14H2. The van der Waals surface area contributed by atoms with Crippen LogP contribution in [0.1, 0.15) is 0 Å². The molecule has 1 saturated heterocycles. The smallest absolute Gasteiger partial charge is 0.271 e. The molecule has 1 aliphatic rings. The molecule has 1 aliphatic heterocycles. The summed E-state index contributed by atoms with van der Waals surface area (Å²) >= 11 is 5.94. The Morgan fingerprint density at radius 2 is 1.59 bits per heavy atom. The number of rotatable bonds is 4. The fourth-order valence-corrected chi connectivity index (χ4v) is 4.98. The molecular weight excluding hydrogens is 412 g/mol. The Bertz CT molecular complexity index is 1170. The Balaban J connectivity index is 1.52. The molecule has 29 heavy (non-hydrogen) atoms. The lowest BCUT2D eigenvalue weighted by Gasteiger charge is -2.34. The normalized spacial score (nSPS) is 15.4. The van der Waals surface area contributed by atoms with Crippen molar-refractivity contribution < 1.29 is 8.42 Å². The predicted octanol–water partition coefficient (Wildman–Crippen LogP) is 2.40. The molecule has 3 aromatic rings. The Labute approximate surface area is 173 Å². The van der Waals surface area contributed by atoms with Crippen LogP contribution in [-0.4, -0.2) is 48.7 Å². The van der Waals surface area contributed by atoms with E-state index in [9.17, 15) is 13.2 Å². The molecule has 2 aromatic carbocycles. The van der Waals surface area contributed by atoms with Crippen molar-refractivity contribution in [2.75, 3.05) is 31.1 Å². The Morgan fingerprint density at radius 1 is 0.862 bits per heavy atom. The summed E-state index contributed by atoms with van der Waals surface area (Å²) in [5.41, 5.74) is 0.462. The van der Waals surface area contributed by atoms with E-state index in [4.69, 9.17) is 11.6 Å². The van der Waals surface area contributed by atoms with Crippen LogP contribution in [0, 0.1) is 0 Å². The van der Waals surface area contributed by atoms with Crippen LogP contribution in [0.5, 0.6) is 0 Å². The first-order valence-corrected chi connectivity index (χ1v) is 10.9. The molecule has 1 aromatic heterocycles. The van der Waals surface area contributed by atoms with Gasteiger partial charge in [-0.15, -0.1) is 5.10 Å². The molecule has 0 aliphatic carbocycles. The van der Waals surface area contributed by atoms with E-state index < -0.39 is 10.0 Å². The van der Waals surface area contributed by atoms with Gasteiger partial charge in [0.05, 0.1) is 10.6 Å². The highest BCUT2D eigenvalue weighted by molar-refractivity contribution is 7.89. The highest BCUT2D eigenvalue weighted by atomic mass is 35.5. The molecular formula is C20H19ClN4O3S. The van der Waals surface area contributed by atoms with Gasteiger partial charge < -0.3 is 4.90 Å². The van der Waals surface area contributed by atoms with Crippen molar-refractivity contribution in [3.8, 4) is 5.69 Å². The summed E-state index contributed by atoms with van der Waals surface area (Å²) < 4.78 is 28.5. The average Bonchev–Trinajstić information content (AvgIpc) is 2.75. The molecule has 150 valence electrons. The first-order valence-electron chi connectivity index (χ1n) is 9.12. The summed E-state index contributed by atoms with van der Waals surface area (Å²) in [5, 5.41) is 4.85. The number of anilines is 1. The summed E-state index contributed by atoms with van der Waals surface area (Å²) in [7, 11) is -3.60. The van der Waals surface area contributed by atoms with E-state index >= 15 is 0 Å². The summed E-state index contributed by atoms with van der Waals surface area (Å²) in [6.45, 7) is 1.58. The molecule has 0 N–H and O–H groups in total. The molecule has 4 rings (SSSR count).